The van der Waals surface area contributed by atoms with Crippen LogP contribution < -0.4 is 0 Å². The van der Waals surface area contributed by atoms with E-state index in [4.69, 9.17) is 11.6 Å². The van der Waals surface area contributed by atoms with Crippen molar-refractivity contribution in [3.63, 3.8) is 0 Å². The van der Waals surface area contributed by atoms with Crippen molar-refractivity contribution in [3.05, 3.63) is 35.4 Å². The van der Waals surface area contributed by atoms with Crippen LogP contribution in [0.3, 0.4) is 0 Å². The quantitative estimate of drug-likeness (QED) is 0.564. The Morgan fingerprint density at radius 2 is 2.00 bits per heavy atom. The molecule has 0 nitrogen and oxygen atoms in total. The molecule has 0 aliphatic heterocycles. The molecule has 0 aromatic heterocycles. The van der Waals surface area contributed by atoms with Crippen LogP contribution in [0.2, 0.25) is 0 Å². The number of hydrogen-bond acceptors (Lipinski definition) is 0. The van der Waals surface area contributed by atoms with Crippen LogP contribution in [0.4, 0.5) is 0 Å². The van der Waals surface area contributed by atoms with Crippen LogP contribution in [0.5, 0.6) is 0 Å². The van der Waals surface area contributed by atoms with Gasteiger partial charge in [0.05, 0.1) is 0 Å². The van der Waals surface area contributed by atoms with Crippen LogP contribution in [-0.4, -0.2) is 0 Å². The fourth-order valence-corrected chi connectivity index (χ4v) is 1.27. The Bertz CT molecular complexity index is 185. The average Bonchev–Trinajstić information content (AvgIpc) is 1.88. The second-order valence-corrected chi connectivity index (χ2v) is 3.07. The van der Waals surface area contributed by atoms with Gasteiger partial charge in [-0.05, 0) is 24.5 Å². The summed E-state index contributed by atoms with van der Waals surface area (Å²) in [5.41, 5.74) is 1.10. The molecule has 62 valence electrons. The summed E-state index contributed by atoms with van der Waals surface area (Å²) < 4.78 is 0. The van der Waals surface area contributed by atoms with Gasteiger partial charge < -0.3 is 0 Å². The lowest BCUT2D eigenvalue weighted by molar-refractivity contribution is 0.790. The molecule has 0 spiro atoms. The molecule has 0 amide bonds. The monoisotopic (exact) mass is 170 g/mol. The van der Waals surface area contributed by atoms with Gasteiger partial charge in [-0.3, -0.25) is 0 Å². The second kappa shape index (κ2) is 5.20. The highest BCUT2D eigenvalue weighted by Gasteiger charge is 2.01. The summed E-state index contributed by atoms with van der Waals surface area (Å²) >= 11 is 5.96. The van der Waals surface area contributed by atoms with Crippen molar-refractivity contribution >= 4 is 11.6 Å². The van der Waals surface area contributed by atoms with Gasteiger partial charge in [0.2, 0.25) is 0 Å². The Labute approximate surface area is 74.3 Å². The van der Waals surface area contributed by atoms with Gasteiger partial charge in [0, 0.05) is 5.03 Å². The fourth-order valence-electron chi connectivity index (χ4n) is 0.852. The first-order valence-electron chi connectivity index (χ1n) is 3.78. The standard InChI is InChI=1S/C10H15Cl/c1-5-7-10(11)9(6-2)8(3)4/h5-8H,2H2,1,3-4H3/b7-5-,10-9-. The third-order valence-electron chi connectivity index (χ3n) is 1.43. The van der Waals surface area contributed by atoms with Gasteiger partial charge in [0.15, 0.2) is 0 Å². The average molecular weight is 171 g/mol. The topological polar surface area (TPSA) is 0 Å². The highest BCUT2D eigenvalue weighted by Crippen LogP contribution is 2.19. The summed E-state index contributed by atoms with van der Waals surface area (Å²) in [5.74, 6) is 0.441. The van der Waals surface area contributed by atoms with Crippen LogP contribution in [0.1, 0.15) is 20.8 Å². The minimum atomic E-state index is 0.441. The first-order valence-corrected chi connectivity index (χ1v) is 4.16. The van der Waals surface area contributed by atoms with Crippen molar-refractivity contribution in [2.75, 3.05) is 0 Å². The van der Waals surface area contributed by atoms with E-state index in [-0.39, 0.29) is 0 Å². The Kier molecular flexibility index (Phi) is 4.97. The zero-order chi connectivity index (χ0) is 8.85. The van der Waals surface area contributed by atoms with Crippen LogP contribution in [0.25, 0.3) is 0 Å². The predicted octanol–water partition coefficient (Wildman–Crippen LogP) is 3.90. The number of rotatable bonds is 3. The third kappa shape index (κ3) is 3.43. The van der Waals surface area contributed by atoms with E-state index in [1.807, 2.05) is 25.2 Å². The molecule has 0 rings (SSSR count). The molecule has 0 aromatic rings. The molecule has 0 N–H and O–H groups in total. The van der Waals surface area contributed by atoms with Crippen molar-refractivity contribution in [1.29, 1.82) is 0 Å². The van der Waals surface area contributed by atoms with Gasteiger partial charge in [-0.1, -0.05) is 44.2 Å². The molecule has 0 radical (unpaired) electrons. The smallest absolute Gasteiger partial charge is 0.0437 e. The van der Waals surface area contributed by atoms with Crippen LogP contribution >= 0.6 is 11.6 Å². The Balaban J connectivity index is 4.67. The van der Waals surface area contributed by atoms with Crippen molar-refractivity contribution in [2.24, 2.45) is 5.92 Å². The molecule has 0 saturated carbocycles. The highest BCUT2D eigenvalue weighted by molar-refractivity contribution is 6.31. The van der Waals surface area contributed by atoms with Crippen LogP contribution in [0, 0.1) is 5.92 Å². The van der Waals surface area contributed by atoms with E-state index in [9.17, 15) is 0 Å². The number of hydrogen-bond donors (Lipinski definition) is 0. The van der Waals surface area contributed by atoms with E-state index < -0.39 is 0 Å². The maximum absolute atomic E-state index is 5.96. The lowest BCUT2D eigenvalue weighted by Gasteiger charge is -2.06. The Morgan fingerprint density at radius 3 is 2.27 bits per heavy atom. The predicted molar refractivity (Wildman–Crippen MR) is 52.7 cm³/mol. The molecule has 0 heterocycles. The molecular formula is C10H15Cl. The van der Waals surface area contributed by atoms with E-state index in [0.717, 1.165) is 10.6 Å². The lowest BCUT2D eigenvalue weighted by atomic mass is 10.0. The van der Waals surface area contributed by atoms with Crippen LogP contribution in [0.15, 0.2) is 35.4 Å². The van der Waals surface area contributed by atoms with Gasteiger partial charge in [-0.25, -0.2) is 0 Å². The van der Waals surface area contributed by atoms with Crippen molar-refractivity contribution in [3.8, 4) is 0 Å². The molecule has 0 unspecified atom stereocenters. The summed E-state index contributed by atoms with van der Waals surface area (Å²) in [6, 6.07) is 0. The summed E-state index contributed by atoms with van der Waals surface area (Å²) in [6.45, 7) is 9.86. The highest BCUT2D eigenvalue weighted by atomic mass is 35.5. The van der Waals surface area contributed by atoms with Gasteiger partial charge in [-0.15, -0.1) is 0 Å². The van der Waals surface area contributed by atoms with Crippen molar-refractivity contribution in [2.45, 2.75) is 20.8 Å². The molecule has 0 bridgehead atoms. The first kappa shape index (κ1) is 10.5. The van der Waals surface area contributed by atoms with Gasteiger partial charge >= 0.3 is 0 Å². The zero-order valence-corrected chi connectivity index (χ0v) is 8.15. The van der Waals surface area contributed by atoms with Crippen LogP contribution in [-0.2, 0) is 0 Å². The summed E-state index contributed by atoms with van der Waals surface area (Å²) in [4.78, 5) is 0. The van der Waals surface area contributed by atoms with Crippen molar-refractivity contribution in [1.82, 2.24) is 0 Å². The molecule has 11 heavy (non-hydrogen) atoms. The van der Waals surface area contributed by atoms with E-state index in [1.54, 1.807) is 0 Å². The van der Waals surface area contributed by atoms with Gasteiger partial charge in [0.1, 0.15) is 0 Å². The largest absolute Gasteiger partial charge is 0.0987 e. The summed E-state index contributed by atoms with van der Waals surface area (Å²) in [5, 5.41) is 0.789. The van der Waals surface area contributed by atoms with E-state index in [1.165, 1.54) is 0 Å². The maximum atomic E-state index is 5.96. The minimum absolute atomic E-state index is 0.441. The van der Waals surface area contributed by atoms with E-state index >= 15 is 0 Å². The molecule has 0 fully saturated rings. The SMILES string of the molecule is C=C/C(=C(Cl)\C=C/C)C(C)C. The second-order valence-electron chi connectivity index (χ2n) is 2.66. The van der Waals surface area contributed by atoms with Gasteiger partial charge in [0.25, 0.3) is 0 Å². The third-order valence-corrected chi connectivity index (χ3v) is 1.77. The van der Waals surface area contributed by atoms with E-state index in [0.29, 0.717) is 5.92 Å². The lowest BCUT2D eigenvalue weighted by Crippen LogP contribution is -1.91. The molecule has 0 atom stereocenters. The van der Waals surface area contributed by atoms with Gasteiger partial charge in [-0.2, -0.15) is 0 Å². The molecular weight excluding hydrogens is 156 g/mol. The zero-order valence-electron chi connectivity index (χ0n) is 7.39. The number of allylic oxidation sites excluding steroid dienone is 5. The Hall–Kier alpha value is -0.490. The molecule has 0 aliphatic rings. The Morgan fingerprint density at radius 1 is 1.45 bits per heavy atom. The first-order chi connectivity index (χ1) is 5.13. The summed E-state index contributed by atoms with van der Waals surface area (Å²) in [6.07, 6.45) is 5.62. The molecule has 0 saturated heterocycles. The fraction of sp³-hybridized carbons (Fsp3) is 0.400. The maximum Gasteiger partial charge on any atom is 0.0437 e. The normalized spacial score (nSPS) is 13.9. The summed E-state index contributed by atoms with van der Waals surface area (Å²) in [7, 11) is 0. The van der Waals surface area contributed by atoms with E-state index in [2.05, 4.69) is 20.4 Å². The molecule has 0 aliphatic carbocycles. The number of halogens is 1. The van der Waals surface area contributed by atoms with Crippen molar-refractivity contribution < 1.29 is 0 Å². The molecule has 0 aromatic carbocycles. The minimum Gasteiger partial charge on any atom is -0.0987 e. The molecule has 1 heteroatoms.